The highest BCUT2D eigenvalue weighted by Crippen LogP contribution is 2.25. The number of hydrogen-bond donors (Lipinski definition) is 3. The number of likely N-dealkylation sites (tertiary alicyclic amines) is 1. The molecule has 0 aromatic carbocycles. The molecule has 1 heterocycles. The minimum atomic E-state index is 0.197. The lowest BCUT2D eigenvalue weighted by Gasteiger charge is -2.30. The number of guanidine groups is 1. The molecule has 0 bridgehead atoms. The lowest BCUT2D eigenvalue weighted by atomic mass is 9.87. The topological polar surface area (TPSA) is 68.8 Å². The zero-order chi connectivity index (χ0) is 19.3. The Balaban J connectivity index is 1.46. The molecule has 6 heteroatoms. The summed E-state index contributed by atoms with van der Waals surface area (Å²) in [4.78, 5) is 18.8. The van der Waals surface area contributed by atoms with Crippen molar-refractivity contribution in [3.63, 3.8) is 0 Å². The molecule has 0 spiro atoms. The fraction of sp³-hybridized carbons (Fsp3) is 0.905. The largest absolute Gasteiger partial charge is 0.356 e. The Morgan fingerprint density at radius 3 is 2.33 bits per heavy atom. The average molecular weight is 380 g/mol. The van der Waals surface area contributed by atoms with E-state index in [0.717, 1.165) is 31.4 Å². The van der Waals surface area contributed by atoms with E-state index < -0.39 is 0 Å². The molecular formula is C21H41N5O. The molecule has 0 aromatic rings. The van der Waals surface area contributed by atoms with Crippen molar-refractivity contribution in [3.05, 3.63) is 0 Å². The van der Waals surface area contributed by atoms with Gasteiger partial charge in [0.25, 0.3) is 0 Å². The van der Waals surface area contributed by atoms with Crippen LogP contribution in [0.4, 0.5) is 0 Å². The van der Waals surface area contributed by atoms with Crippen LogP contribution in [-0.2, 0) is 4.79 Å². The first kappa shape index (κ1) is 22.0. The molecule has 1 aliphatic heterocycles. The number of aliphatic imine (C=N–C) groups is 1. The van der Waals surface area contributed by atoms with E-state index >= 15 is 0 Å². The molecule has 0 atom stereocenters. The van der Waals surface area contributed by atoms with Crippen LogP contribution in [0.3, 0.4) is 0 Å². The molecule has 2 aliphatic rings. The van der Waals surface area contributed by atoms with Crippen molar-refractivity contribution in [2.75, 3.05) is 46.3 Å². The highest BCUT2D eigenvalue weighted by Gasteiger charge is 2.17. The summed E-state index contributed by atoms with van der Waals surface area (Å²) in [6.07, 6.45) is 10.9. The number of nitrogens with zero attached hydrogens (tertiary/aromatic N) is 2. The molecule has 27 heavy (non-hydrogen) atoms. The van der Waals surface area contributed by atoms with E-state index in [4.69, 9.17) is 0 Å². The summed E-state index contributed by atoms with van der Waals surface area (Å²) in [5, 5.41) is 9.69. The van der Waals surface area contributed by atoms with E-state index in [1.807, 2.05) is 0 Å². The van der Waals surface area contributed by atoms with Crippen molar-refractivity contribution in [1.29, 1.82) is 0 Å². The van der Waals surface area contributed by atoms with Gasteiger partial charge in [-0.3, -0.25) is 9.79 Å². The van der Waals surface area contributed by atoms with Gasteiger partial charge in [-0.05, 0) is 63.6 Å². The normalized spacial score (nSPS) is 20.4. The van der Waals surface area contributed by atoms with Gasteiger partial charge >= 0.3 is 0 Å². The molecule has 156 valence electrons. The first-order valence-electron chi connectivity index (χ1n) is 11.1. The van der Waals surface area contributed by atoms with Crippen molar-refractivity contribution in [2.24, 2.45) is 16.8 Å². The quantitative estimate of drug-likeness (QED) is 0.327. The van der Waals surface area contributed by atoms with Crippen molar-refractivity contribution in [1.82, 2.24) is 20.9 Å². The van der Waals surface area contributed by atoms with Crippen LogP contribution in [-0.4, -0.2) is 63.1 Å². The van der Waals surface area contributed by atoms with Gasteiger partial charge in [0.15, 0.2) is 5.96 Å². The van der Waals surface area contributed by atoms with E-state index in [1.54, 1.807) is 7.05 Å². The van der Waals surface area contributed by atoms with Crippen LogP contribution in [0.1, 0.15) is 64.7 Å². The van der Waals surface area contributed by atoms with Crippen molar-refractivity contribution in [2.45, 2.75) is 64.7 Å². The summed E-state index contributed by atoms with van der Waals surface area (Å²) < 4.78 is 0. The zero-order valence-corrected chi connectivity index (χ0v) is 17.6. The van der Waals surface area contributed by atoms with Crippen LogP contribution in [0.5, 0.6) is 0 Å². The summed E-state index contributed by atoms with van der Waals surface area (Å²) in [7, 11) is 1.79. The van der Waals surface area contributed by atoms with Gasteiger partial charge in [-0.1, -0.05) is 26.2 Å². The van der Waals surface area contributed by atoms with Gasteiger partial charge in [-0.25, -0.2) is 0 Å². The Hall–Kier alpha value is -1.30. The van der Waals surface area contributed by atoms with E-state index in [-0.39, 0.29) is 5.91 Å². The first-order valence-corrected chi connectivity index (χ1v) is 11.1. The van der Waals surface area contributed by atoms with E-state index in [2.05, 4.69) is 32.8 Å². The van der Waals surface area contributed by atoms with Crippen LogP contribution in [0, 0.1) is 11.8 Å². The second-order valence-corrected chi connectivity index (χ2v) is 8.36. The van der Waals surface area contributed by atoms with Crippen molar-refractivity contribution in [3.8, 4) is 0 Å². The van der Waals surface area contributed by atoms with Crippen LogP contribution >= 0.6 is 0 Å². The number of hydrogen-bond acceptors (Lipinski definition) is 3. The van der Waals surface area contributed by atoms with Crippen LogP contribution in [0.15, 0.2) is 4.99 Å². The highest BCUT2D eigenvalue weighted by molar-refractivity contribution is 5.79. The first-order chi connectivity index (χ1) is 13.2. The third kappa shape index (κ3) is 9.45. The molecule has 2 rings (SSSR count). The summed E-state index contributed by atoms with van der Waals surface area (Å²) >= 11 is 0. The zero-order valence-electron chi connectivity index (χ0n) is 17.6. The molecule has 0 unspecified atom stereocenters. The average Bonchev–Trinajstić information content (AvgIpc) is 2.69. The minimum absolute atomic E-state index is 0.197. The lowest BCUT2D eigenvalue weighted by Crippen LogP contribution is -2.42. The molecule has 0 aromatic heterocycles. The van der Waals surface area contributed by atoms with Gasteiger partial charge in [0.2, 0.25) is 5.91 Å². The summed E-state index contributed by atoms with van der Waals surface area (Å²) in [6, 6.07) is 0. The maximum Gasteiger partial charge on any atom is 0.220 e. The van der Waals surface area contributed by atoms with Crippen LogP contribution in [0.25, 0.3) is 0 Å². The molecule has 0 radical (unpaired) electrons. The molecule has 1 amide bonds. The standard InChI is InChI=1S/C21H41N5O/c1-18-9-15-26(16-10-18)14-6-11-24-21(22-2)25-13-12-23-20(27)17-19-7-4-3-5-8-19/h18-19H,3-17H2,1-2H3,(H,23,27)(H2,22,24,25). The minimum Gasteiger partial charge on any atom is -0.356 e. The van der Waals surface area contributed by atoms with Crippen molar-refractivity contribution < 1.29 is 4.79 Å². The van der Waals surface area contributed by atoms with Crippen LogP contribution < -0.4 is 16.0 Å². The lowest BCUT2D eigenvalue weighted by molar-refractivity contribution is -0.122. The Morgan fingerprint density at radius 2 is 1.63 bits per heavy atom. The molecule has 1 saturated heterocycles. The van der Waals surface area contributed by atoms with E-state index in [9.17, 15) is 4.79 Å². The maximum atomic E-state index is 12.0. The Morgan fingerprint density at radius 1 is 0.963 bits per heavy atom. The Kier molecular flexibility index (Phi) is 10.6. The monoisotopic (exact) mass is 379 g/mol. The Bertz CT molecular complexity index is 440. The molecule has 1 aliphatic carbocycles. The fourth-order valence-corrected chi connectivity index (χ4v) is 4.12. The van der Waals surface area contributed by atoms with Gasteiger partial charge < -0.3 is 20.9 Å². The van der Waals surface area contributed by atoms with Crippen LogP contribution in [0.2, 0.25) is 0 Å². The summed E-state index contributed by atoms with van der Waals surface area (Å²) in [5.41, 5.74) is 0. The third-order valence-corrected chi connectivity index (χ3v) is 5.98. The fourth-order valence-electron chi connectivity index (χ4n) is 4.12. The van der Waals surface area contributed by atoms with E-state index in [0.29, 0.717) is 25.4 Å². The predicted molar refractivity (Wildman–Crippen MR) is 113 cm³/mol. The smallest absolute Gasteiger partial charge is 0.220 e. The van der Waals surface area contributed by atoms with Gasteiger partial charge in [0, 0.05) is 33.1 Å². The number of carbonyl (C=O) groups is 1. The highest BCUT2D eigenvalue weighted by atomic mass is 16.1. The van der Waals surface area contributed by atoms with Crippen molar-refractivity contribution >= 4 is 11.9 Å². The SMILES string of the molecule is CN=C(NCCCN1CCC(C)CC1)NCCNC(=O)CC1CCCCC1. The van der Waals surface area contributed by atoms with Gasteiger partial charge in [0.1, 0.15) is 0 Å². The van der Waals surface area contributed by atoms with Gasteiger partial charge in [-0.15, -0.1) is 0 Å². The number of nitrogens with one attached hydrogen (secondary N) is 3. The molecule has 6 nitrogen and oxygen atoms in total. The van der Waals surface area contributed by atoms with Gasteiger partial charge in [-0.2, -0.15) is 0 Å². The third-order valence-electron chi connectivity index (χ3n) is 5.98. The number of carbonyl (C=O) groups excluding carboxylic acids is 1. The second kappa shape index (κ2) is 13.0. The number of rotatable bonds is 9. The summed E-state index contributed by atoms with van der Waals surface area (Å²) in [6.45, 7) is 8.29. The molecule has 1 saturated carbocycles. The van der Waals surface area contributed by atoms with Gasteiger partial charge in [0.05, 0.1) is 0 Å². The summed E-state index contributed by atoms with van der Waals surface area (Å²) in [5.74, 6) is 2.51. The maximum absolute atomic E-state index is 12.0. The molecule has 3 N–H and O–H groups in total. The van der Waals surface area contributed by atoms with E-state index in [1.165, 1.54) is 58.0 Å². The molecular weight excluding hydrogens is 338 g/mol. The number of piperidine rings is 1. The predicted octanol–water partition coefficient (Wildman–Crippen LogP) is 2.36. The Labute approximate surface area is 165 Å². The molecule has 2 fully saturated rings. The second-order valence-electron chi connectivity index (χ2n) is 8.36. The number of amides is 1.